The molecule has 2 aromatic carbocycles. The summed E-state index contributed by atoms with van der Waals surface area (Å²) in [6, 6.07) is 12.2. The molecule has 0 amide bonds. The number of aryl methyl sites for hydroxylation is 1. The number of nitrogens with zero attached hydrogens (tertiary/aromatic N) is 2. The number of carbonyl (C=O) groups excluding carboxylic acids is 1. The average Bonchev–Trinajstić information content (AvgIpc) is 3.45. The van der Waals surface area contributed by atoms with Crippen molar-refractivity contribution in [1.82, 2.24) is 4.57 Å². The van der Waals surface area contributed by atoms with Crippen LogP contribution in [0, 0.1) is 6.92 Å². The van der Waals surface area contributed by atoms with E-state index in [-0.39, 0.29) is 5.78 Å². The fourth-order valence-corrected chi connectivity index (χ4v) is 4.59. The van der Waals surface area contributed by atoms with Crippen molar-refractivity contribution in [1.29, 1.82) is 0 Å². The summed E-state index contributed by atoms with van der Waals surface area (Å²) in [5, 5.41) is 0. The number of fused-ring (bicyclic) bond motifs is 2. The molecule has 0 saturated heterocycles. The molecular weight excluding hydrogens is 364 g/mol. The van der Waals surface area contributed by atoms with Gasteiger partial charge in [-0.2, -0.15) is 0 Å². The van der Waals surface area contributed by atoms with Crippen LogP contribution < -0.4 is 14.0 Å². The van der Waals surface area contributed by atoms with Crippen LogP contribution in [0.1, 0.15) is 45.3 Å². The predicted molar refractivity (Wildman–Crippen MR) is 109 cm³/mol. The molecule has 5 rings (SSSR count). The number of carbonyl (C=O) groups is 1. The Morgan fingerprint density at radius 2 is 2.03 bits per heavy atom. The summed E-state index contributed by atoms with van der Waals surface area (Å²) >= 11 is 0. The molecule has 148 valence electrons. The van der Waals surface area contributed by atoms with E-state index >= 15 is 0 Å². The van der Waals surface area contributed by atoms with Crippen molar-refractivity contribution in [3.05, 3.63) is 76.9 Å². The topological polar surface area (TPSA) is 44.3 Å². The monoisotopic (exact) mass is 389 g/mol. The first kappa shape index (κ1) is 18.0. The van der Waals surface area contributed by atoms with Crippen LogP contribution in [0.3, 0.4) is 0 Å². The van der Waals surface area contributed by atoms with Crippen molar-refractivity contribution in [2.45, 2.75) is 38.8 Å². The highest BCUT2D eigenvalue weighted by atomic mass is 16.5. The van der Waals surface area contributed by atoms with Crippen molar-refractivity contribution in [3.8, 4) is 11.5 Å². The van der Waals surface area contributed by atoms with Crippen LogP contribution in [-0.2, 0) is 19.4 Å². The maximum atomic E-state index is 12.7. The van der Waals surface area contributed by atoms with Gasteiger partial charge in [0.1, 0.15) is 29.9 Å². The molecule has 3 aromatic rings. The van der Waals surface area contributed by atoms with Crippen molar-refractivity contribution >= 4 is 5.78 Å². The minimum atomic E-state index is 0.0940. The lowest BCUT2D eigenvalue weighted by atomic mass is 10.0. The van der Waals surface area contributed by atoms with E-state index in [1.165, 1.54) is 16.7 Å². The number of rotatable bonds is 5. The number of benzene rings is 2. The predicted octanol–water partition coefficient (Wildman–Crippen LogP) is 3.45. The summed E-state index contributed by atoms with van der Waals surface area (Å²) in [5.41, 5.74) is 4.84. The molecule has 1 aromatic heterocycles. The van der Waals surface area contributed by atoms with Gasteiger partial charge >= 0.3 is 0 Å². The summed E-state index contributed by atoms with van der Waals surface area (Å²) in [6.07, 6.45) is 7.31. The highest BCUT2D eigenvalue weighted by Gasteiger charge is 2.32. The van der Waals surface area contributed by atoms with Crippen LogP contribution in [0.4, 0.5) is 0 Å². The molecule has 0 radical (unpaired) electrons. The summed E-state index contributed by atoms with van der Waals surface area (Å²) in [6.45, 7) is 3.21. The summed E-state index contributed by atoms with van der Waals surface area (Å²) < 4.78 is 15.3. The van der Waals surface area contributed by atoms with Crippen molar-refractivity contribution in [2.75, 3.05) is 13.7 Å². The third kappa shape index (κ3) is 3.11. The van der Waals surface area contributed by atoms with Crippen LogP contribution in [0.25, 0.3) is 0 Å². The fourth-order valence-electron chi connectivity index (χ4n) is 4.59. The zero-order valence-electron chi connectivity index (χ0n) is 16.9. The molecule has 29 heavy (non-hydrogen) atoms. The van der Waals surface area contributed by atoms with E-state index in [2.05, 4.69) is 29.8 Å². The van der Waals surface area contributed by atoms with Crippen LogP contribution >= 0.6 is 0 Å². The molecule has 1 aliphatic heterocycles. The Morgan fingerprint density at radius 3 is 2.83 bits per heavy atom. The second-order valence-corrected chi connectivity index (χ2v) is 7.84. The zero-order valence-corrected chi connectivity index (χ0v) is 16.9. The lowest BCUT2D eigenvalue weighted by molar-refractivity contribution is -0.688. The smallest absolute Gasteiger partial charge is 0.254 e. The molecule has 5 heteroatoms. The summed E-state index contributed by atoms with van der Waals surface area (Å²) in [7, 11) is 1.63. The largest absolute Gasteiger partial charge is 0.497 e. The second kappa shape index (κ2) is 7.07. The van der Waals surface area contributed by atoms with E-state index < -0.39 is 0 Å². The lowest BCUT2D eigenvalue weighted by Gasteiger charge is -2.11. The molecule has 0 N–H and O–H groups in total. The molecule has 2 aliphatic rings. The Morgan fingerprint density at radius 1 is 1.21 bits per heavy atom. The van der Waals surface area contributed by atoms with E-state index in [4.69, 9.17) is 9.47 Å². The van der Waals surface area contributed by atoms with Crippen molar-refractivity contribution in [3.63, 3.8) is 0 Å². The van der Waals surface area contributed by atoms with Gasteiger partial charge in [-0.15, -0.1) is 0 Å². The van der Waals surface area contributed by atoms with Crippen molar-refractivity contribution < 1.29 is 18.8 Å². The minimum Gasteiger partial charge on any atom is -0.497 e. The normalized spacial score (nSPS) is 17.0. The van der Waals surface area contributed by atoms with Gasteiger partial charge in [-0.3, -0.25) is 4.79 Å². The minimum absolute atomic E-state index is 0.0940. The molecule has 2 heterocycles. The first-order valence-electron chi connectivity index (χ1n) is 10.2. The van der Waals surface area contributed by atoms with Gasteiger partial charge in [0.25, 0.3) is 5.82 Å². The first-order chi connectivity index (χ1) is 14.1. The number of methoxy groups -OCH3 is 1. The third-order valence-electron chi connectivity index (χ3n) is 6.26. The summed E-state index contributed by atoms with van der Waals surface area (Å²) in [4.78, 5) is 12.7. The number of hydrogen-bond acceptors (Lipinski definition) is 3. The first-order valence-corrected chi connectivity index (χ1v) is 10.2. The quantitative estimate of drug-likeness (QED) is 0.496. The number of Topliss-reactive ketones (excluding diaryl/α,β-unsaturated/α-hetero) is 1. The van der Waals surface area contributed by atoms with E-state index in [1.54, 1.807) is 7.11 Å². The summed E-state index contributed by atoms with van der Waals surface area (Å²) in [5.74, 6) is 2.98. The van der Waals surface area contributed by atoms with E-state index in [0.717, 1.165) is 43.2 Å². The molecule has 5 nitrogen and oxygen atoms in total. The molecule has 0 spiro atoms. The lowest BCUT2D eigenvalue weighted by Crippen LogP contribution is -2.39. The van der Waals surface area contributed by atoms with E-state index in [1.807, 2.05) is 35.0 Å². The maximum Gasteiger partial charge on any atom is 0.254 e. The Balaban J connectivity index is 1.39. The van der Waals surface area contributed by atoms with Gasteiger partial charge in [-0.05, 0) is 54.3 Å². The van der Waals surface area contributed by atoms with Gasteiger partial charge in [0, 0.05) is 24.5 Å². The average molecular weight is 389 g/mol. The second-order valence-electron chi connectivity index (χ2n) is 7.84. The molecule has 1 unspecified atom stereocenters. The molecule has 1 atom stereocenters. The number of aromatic nitrogens is 2. The zero-order chi connectivity index (χ0) is 20.0. The van der Waals surface area contributed by atoms with Crippen LogP contribution in [0.15, 0.2) is 48.8 Å². The standard InChI is InChI=1S/C24H25N2O3/c1-16-25(15-23(27)17-3-6-20(28-2)7-4-17)10-11-26(16)22-8-5-18-13-19-9-12-29-24(19)14-21(18)22/h3-4,6-7,10-11,13-14,22H,5,8-9,12,15H2,1-2H3/q+1. The Hall–Kier alpha value is -3.08. The number of hydrogen-bond donors (Lipinski definition) is 0. The number of ether oxygens (including phenoxy) is 2. The molecule has 0 bridgehead atoms. The van der Waals surface area contributed by atoms with Gasteiger partial charge in [-0.25, -0.2) is 9.13 Å². The van der Waals surface area contributed by atoms with Crippen LogP contribution in [0.2, 0.25) is 0 Å². The number of imidazole rings is 1. The SMILES string of the molecule is COc1ccc(C(=O)C[n+]2ccn(C3CCc4cc5c(cc43)OCC5)c2C)cc1. The van der Waals surface area contributed by atoms with Gasteiger partial charge in [0.15, 0.2) is 6.54 Å². The van der Waals surface area contributed by atoms with Gasteiger partial charge in [0.2, 0.25) is 5.78 Å². The molecule has 0 saturated carbocycles. The molecule has 0 fully saturated rings. The highest BCUT2D eigenvalue weighted by molar-refractivity contribution is 5.95. The van der Waals surface area contributed by atoms with Gasteiger partial charge < -0.3 is 9.47 Å². The van der Waals surface area contributed by atoms with Gasteiger partial charge in [-0.1, -0.05) is 6.07 Å². The van der Waals surface area contributed by atoms with Gasteiger partial charge in [0.05, 0.1) is 13.7 Å². The van der Waals surface area contributed by atoms with Crippen LogP contribution in [-0.4, -0.2) is 24.1 Å². The molecule has 1 aliphatic carbocycles. The third-order valence-corrected chi connectivity index (χ3v) is 6.26. The van der Waals surface area contributed by atoms with E-state index in [9.17, 15) is 4.79 Å². The Kier molecular flexibility index (Phi) is 4.38. The Bertz CT molecular complexity index is 1080. The highest BCUT2D eigenvalue weighted by Crippen LogP contribution is 2.40. The van der Waals surface area contributed by atoms with Crippen molar-refractivity contribution in [2.24, 2.45) is 0 Å². The fraction of sp³-hybridized carbons (Fsp3) is 0.333. The van der Waals surface area contributed by atoms with Crippen LogP contribution in [0.5, 0.6) is 11.5 Å². The number of ketones is 1. The molecular formula is C24H25N2O3+. The Labute approximate surface area is 170 Å². The maximum absolute atomic E-state index is 12.7. The van der Waals surface area contributed by atoms with E-state index in [0.29, 0.717) is 18.2 Å².